The Balaban J connectivity index is 1.59. The second kappa shape index (κ2) is 10.3. The molecule has 1 heterocycles. The number of rotatable bonds is 6. The van der Waals surface area contributed by atoms with Gasteiger partial charge in [0.15, 0.2) is 0 Å². The number of aryl methyl sites for hydroxylation is 1. The first-order valence-electron chi connectivity index (χ1n) is 11.5. The summed E-state index contributed by atoms with van der Waals surface area (Å²) in [6.45, 7) is 7.87. The zero-order chi connectivity index (χ0) is 21.6. The molecule has 0 aromatic heterocycles. The van der Waals surface area contributed by atoms with Gasteiger partial charge in [-0.3, -0.25) is 4.90 Å². The van der Waals surface area contributed by atoms with E-state index >= 15 is 0 Å². The lowest BCUT2D eigenvalue weighted by Crippen LogP contribution is -2.29. The molecule has 0 N–H and O–H groups in total. The first-order chi connectivity index (χ1) is 15.2. The Hall–Kier alpha value is -2.35. The van der Waals surface area contributed by atoms with Gasteiger partial charge in [0.1, 0.15) is 0 Å². The van der Waals surface area contributed by atoms with Gasteiger partial charge < -0.3 is 0 Å². The van der Waals surface area contributed by atoms with Gasteiger partial charge in [0.2, 0.25) is 0 Å². The van der Waals surface area contributed by atoms with Gasteiger partial charge in [0.05, 0.1) is 0 Å². The van der Waals surface area contributed by atoms with Crippen LogP contribution in [0.5, 0.6) is 0 Å². The third-order valence-electron chi connectivity index (χ3n) is 6.45. The molecule has 0 atom stereocenters. The smallest absolute Gasteiger partial charge is 0.0481 e. The van der Waals surface area contributed by atoms with Crippen molar-refractivity contribution >= 4 is 23.8 Å². The summed E-state index contributed by atoms with van der Waals surface area (Å²) in [4.78, 5) is 2.57. The minimum Gasteiger partial charge on any atom is -0.299 e. The van der Waals surface area contributed by atoms with E-state index in [4.69, 9.17) is 11.6 Å². The van der Waals surface area contributed by atoms with Crippen LogP contribution in [0.4, 0.5) is 0 Å². The number of piperidine rings is 1. The van der Waals surface area contributed by atoms with E-state index in [-0.39, 0.29) is 0 Å². The highest BCUT2D eigenvalue weighted by molar-refractivity contribution is 6.32. The average molecular weight is 430 g/mol. The number of halogens is 1. The van der Waals surface area contributed by atoms with E-state index in [0.717, 1.165) is 23.6 Å². The van der Waals surface area contributed by atoms with Gasteiger partial charge >= 0.3 is 0 Å². The van der Waals surface area contributed by atoms with E-state index in [1.807, 2.05) is 0 Å². The van der Waals surface area contributed by atoms with Gasteiger partial charge in [-0.05, 0) is 90.4 Å². The molecule has 1 fully saturated rings. The number of benzene rings is 3. The largest absolute Gasteiger partial charge is 0.299 e. The summed E-state index contributed by atoms with van der Waals surface area (Å²) >= 11 is 6.74. The summed E-state index contributed by atoms with van der Waals surface area (Å²) in [5, 5.41) is 0.845. The molecule has 0 unspecified atom stereocenters. The standard InChI is InChI=1S/C29H32ClN/c1-3-23-19-26(29(30)20-27(23)21-31-17-8-5-9-18-31)16-15-24-13-10-14-28(22(24)2)25-11-6-4-7-12-25/h4,6-7,10-16,19-20H,3,5,8-9,17-18,21H2,1-2H3/b16-15+. The van der Waals surface area contributed by atoms with Crippen molar-refractivity contribution in [2.75, 3.05) is 13.1 Å². The van der Waals surface area contributed by atoms with Gasteiger partial charge in [-0.15, -0.1) is 0 Å². The molecule has 4 rings (SSSR count). The summed E-state index contributed by atoms with van der Waals surface area (Å²) in [6, 6.07) is 21.6. The first kappa shape index (κ1) is 21.9. The molecule has 160 valence electrons. The van der Waals surface area contributed by atoms with Crippen molar-refractivity contribution in [3.8, 4) is 11.1 Å². The van der Waals surface area contributed by atoms with Crippen molar-refractivity contribution in [2.24, 2.45) is 0 Å². The van der Waals surface area contributed by atoms with E-state index in [9.17, 15) is 0 Å². The van der Waals surface area contributed by atoms with Crippen molar-refractivity contribution < 1.29 is 0 Å². The van der Waals surface area contributed by atoms with Crippen LogP contribution in [0.3, 0.4) is 0 Å². The highest BCUT2D eigenvalue weighted by Crippen LogP contribution is 2.29. The molecular weight excluding hydrogens is 398 g/mol. The Kier molecular flexibility index (Phi) is 7.27. The Morgan fingerprint density at radius 3 is 2.32 bits per heavy atom. The van der Waals surface area contributed by atoms with Gasteiger partial charge in [-0.1, -0.05) is 85.6 Å². The third-order valence-corrected chi connectivity index (χ3v) is 6.77. The van der Waals surface area contributed by atoms with Crippen LogP contribution < -0.4 is 0 Å². The minimum absolute atomic E-state index is 0.845. The van der Waals surface area contributed by atoms with E-state index in [2.05, 4.69) is 91.6 Å². The number of hydrogen-bond donors (Lipinski definition) is 0. The summed E-state index contributed by atoms with van der Waals surface area (Å²) in [5.41, 5.74) is 8.94. The molecule has 1 saturated heterocycles. The molecule has 0 saturated carbocycles. The zero-order valence-corrected chi connectivity index (χ0v) is 19.5. The van der Waals surface area contributed by atoms with E-state index in [1.165, 1.54) is 65.7 Å². The lowest BCUT2D eigenvalue weighted by Gasteiger charge is -2.27. The summed E-state index contributed by atoms with van der Waals surface area (Å²) in [7, 11) is 0. The Bertz CT molecular complexity index is 1050. The molecule has 3 aromatic carbocycles. The molecule has 3 aromatic rings. The Labute approximate surface area is 192 Å². The van der Waals surface area contributed by atoms with Crippen molar-refractivity contribution in [3.63, 3.8) is 0 Å². The monoisotopic (exact) mass is 429 g/mol. The highest BCUT2D eigenvalue weighted by atomic mass is 35.5. The first-order valence-corrected chi connectivity index (χ1v) is 11.9. The molecule has 0 amide bonds. The van der Waals surface area contributed by atoms with Gasteiger partial charge in [0.25, 0.3) is 0 Å². The van der Waals surface area contributed by atoms with E-state index in [1.54, 1.807) is 0 Å². The van der Waals surface area contributed by atoms with Crippen molar-refractivity contribution in [2.45, 2.75) is 46.1 Å². The SMILES string of the molecule is CCc1cc(/C=C/c2cccc(-c3ccccc3)c2C)c(Cl)cc1CN1CCCCC1. The lowest BCUT2D eigenvalue weighted by molar-refractivity contribution is 0.220. The minimum atomic E-state index is 0.845. The summed E-state index contributed by atoms with van der Waals surface area (Å²) < 4.78 is 0. The van der Waals surface area contributed by atoms with Crippen molar-refractivity contribution in [3.05, 3.63) is 93.5 Å². The number of likely N-dealkylation sites (tertiary alicyclic amines) is 1. The van der Waals surface area contributed by atoms with Crippen molar-refractivity contribution in [1.29, 1.82) is 0 Å². The highest BCUT2D eigenvalue weighted by Gasteiger charge is 2.14. The molecule has 0 aliphatic carbocycles. The molecule has 0 bridgehead atoms. The molecule has 1 aliphatic heterocycles. The van der Waals surface area contributed by atoms with Crippen LogP contribution in [-0.2, 0) is 13.0 Å². The fraction of sp³-hybridized carbons (Fsp3) is 0.310. The maximum absolute atomic E-state index is 6.74. The zero-order valence-electron chi connectivity index (χ0n) is 18.7. The predicted octanol–water partition coefficient (Wildman–Crippen LogP) is 8.03. The topological polar surface area (TPSA) is 3.24 Å². The summed E-state index contributed by atoms with van der Waals surface area (Å²) in [6.07, 6.45) is 9.40. The third kappa shape index (κ3) is 5.29. The number of nitrogens with zero attached hydrogens (tertiary/aromatic N) is 1. The quantitative estimate of drug-likeness (QED) is 0.358. The van der Waals surface area contributed by atoms with Crippen LogP contribution in [0.25, 0.3) is 23.3 Å². The number of hydrogen-bond acceptors (Lipinski definition) is 1. The fourth-order valence-corrected chi connectivity index (χ4v) is 4.83. The molecule has 0 spiro atoms. The summed E-state index contributed by atoms with van der Waals surface area (Å²) in [5.74, 6) is 0. The van der Waals surface area contributed by atoms with Gasteiger partial charge in [-0.25, -0.2) is 0 Å². The predicted molar refractivity (Wildman–Crippen MR) is 136 cm³/mol. The van der Waals surface area contributed by atoms with Crippen LogP contribution in [-0.4, -0.2) is 18.0 Å². The molecule has 0 radical (unpaired) electrons. The molecule has 31 heavy (non-hydrogen) atoms. The maximum atomic E-state index is 6.74. The normalized spacial score (nSPS) is 14.9. The van der Waals surface area contributed by atoms with Crippen LogP contribution in [0.2, 0.25) is 5.02 Å². The van der Waals surface area contributed by atoms with Crippen LogP contribution in [0.1, 0.15) is 54.0 Å². The van der Waals surface area contributed by atoms with E-state index < -0.39 is 0 Å². The second-order valence-electron chi connectivity index (χ2n) is 8.55. The fourth-order valence-electron chi connectivity index (χ4n) is 4.58. The average Bonchev–Trinajstić information content (AvgIpc) is 2.80. The van der Waals surface area contributed by atoms with Gasteiger partial charge in [-0.2, -0.15) is 0 Å². The van der Waals surface area contributed by atoms with Crippen LogP contribution in [0, 0.1) is 6.92 Å². The Morgan fingerprint density at radius 2 is 1.58 bits per heavy atom. The second-order valence-corrected chi connectivity index (χ2v) is 8.96. The molecule has 1 nitrogen and oxygen atoms in total. The van der Waals surface area contributed by atoms with Gasteiger partial charge in [0, 0.05) is 11.6 Å². The lowest BCUT2D eigenvalue weighted by atomic mass is 9.95. The molecule has 1 aliphatic rings. The Morgan fingerprint density at radius 1 is 0.839 bits per heavy atom. The van der Waals surface area contributed by atoms with E-state index in [0.29, 0.717) is 0 Å². The van der Waals surface area contributed by atoms with Crippen LogP contribution in [0.15, 0.2) is 60.7 Å². The van der Waals surface area contributed by atoms with Crippen LogP contribution >= 0.6 is 11.6 Å². The molecular formula is C29H32ClN. The molecule has 2 heteroatoms. The van der Waals surface area contributed by atoms with Crippen molar-refractivity contribution in [1.82, 2.24) is 4.90 Å². The maximum Gasteiger partial charge on any atom is 0.0481 e.